The second-order valence-electron chi connectivity index (χ2n) is 20.9. The zero-order chi connectivity index (χ0) is 52.5. The molecule has 9 N–H and O–H groups in total. The van der Waals surface area contributed by atoms with E-state index in [4.69, 9.17) is 0 Å². The zero-order valence-electron chi connectivity index (χ0n) is 43.1. The fraction of sp³-hybridized carbons (Fsp3) is 0.549. The molecule has 0 saturated carbocycles. The lowest BCUT2D eigenvalue weighted by atomic mass is 9.85. The summed E-state index contributed by atoms with van der Waals surface area (Å²) in [4.78, 5) is 122. The second-order valence-corrected chi connectivity index (χ2v) is 20.9. The Bertz CT molecular complexity index is 2220. The molecule has 2 fully saturated rings. The fourth-order valence-electron chi connectivity index (χ4n) is 8.71. The SMILES string of the molecule is CN[C@@H](C)C(=O)N[C@H](C(=O)N1C[C@@H](NC(=O)c2nc[nH]c2C(=O)N[C@H]2C[C@@H](C(=O)N[C@H](C)c3ccccc3)N(C(=O)[C@@H](NC(=O)[C@H](C)NC)C(C)(C)C)C2)C[C@H]1C(=O)N[C@H](C)c1ccccc1)C(C)(C)C. The Morgan fingerprint density at radius 1 is 0.577 bits per heavy atom. The number of imidazole rings is 1. The van der Waals surface area contributed by atoms with E-state index in [-0.39, 0.29) is 37.3 Å². The molecule has 10 atom stereocenters. The number of hydrogen-bond donors (Lipinski definition) is 9. The summed E-state index contributed by atoms with van der Waals surface area (Å²) in [6.45, 7) is 17.6. The van der Waals surface area contributed by atoms with Gasteiger partial charge in [0.1, 0.15) is 29.9 Å². The van der Waals surface area contributed by atoms with E-state index in [1.54, 1.807) is 27.9 Å². The Morgan fingerprint density at radius 2 is 0.958 bits per heavy atom. The minimum absolute atomic E-state index is 0.0106. The second kappa shape index (κ2) is 23.5. The average molecular weight is 983 g/mol. The third kappa shape index (κ3) is 13.8. The summed E-state index contributed by atoms with van der Waals surface area (Å²) in [5, 5.41) is 23.3. The molecule has 0 spiro atoms. The number of rotatable bonds is 18. The number of nitrogens with zero attached hydrogens (tertiary/aromatic N) is 3. The van der Waals surface area contributed by atoms with Gasteiger partial charge in [-0.3, -0.25) is 38.4 Å². The number of aromatic nitrogens is 2. The summed E-state index contributed by atoms with van der Waals surface area (Å²) in [6, 6.07) is 10.9. The standard InChI is InChI=1S/C51H74N12O8/c1-28(32-19-15-13-16-20-32)56-44(66)36-23-34(25-62(36)48(70)40(50(5,6)7)60-42(64)30(3)52-11)58-46(68)38-39(55-27-54-38)47(69)59-35-24-37(45(67)57-29(2)33-21-17-14-18-22-33)63(26-35)49(71)41(51(8,9)10)61-43(65)31(4)53-12/h13-22,27-31,34-37,40-41,52-53H,23-26H2,1-12H3,(H,54,55)(H,56,66)(H,57,67)(H,58,68)(H,59,69)(H,60,64)(H,61,65)/t28-,29-,30+,31+,34+,35+,36+,37+,40-,41-/m1/s1. The molecule has 386 valence electrons. The molecule has 0 bridgehead atoms. The fourth-order valence-corrected chi connectivity index (χ4v) is 8.71. The number of H-pyrrole nitrogens is 1. The molecule has 2 saturated heterocycles. The van der Waals surface area contributed by atoms with Crippen LogP contribution in [0.25, 0.3) is 0 Å². The summed E-state index contributed by atoms with van der Waals surface area (Å²) in [7, 11) is 3.26. The molecule has 5 rings (SSSR count). The van der Waals surface area contributed by atoms with Gasteiger partial charge in [0.2, 0.25) is 35.4 Å². The smallest absolute Gasteiger partial charge is 0.272 e. The van der Waals surface area contributed by atoms with E-state index in [9.17, 15) is 38.4 Å². The Balaban J connectivity index is 1.37. The topological polar surface area (TPSA) is 268 Å². The van der Waals surface area contributed by atoms with Crippen LogP contribution in [-0.2, 0) is 28.8 Å². The van der Waals surface area contributed by atoms with E-state index >= 15 is 0 Å². The van der Waals surface area contributed by atoms with Crippen molar-refractivity contribution in [1.82, 2.24) is 62.3 Å². The minimum Gasteiger partial charge on any atom is -0.348 e. The predicted molar refractivity (Wildman–Crippen MR) is 267 cm³/mol. The van der Waals surface area contributed by atoms with Crippen molar-refractivity contribution < 1.29 is 38.4 Å². The van der Waals surface area contributed by atoms with Gasteiger partial charge in [-0.25, -0.2) is 4.98 Å². The van der Waals surface area contributed by atoms with Crippen molar-refractivity contribution in [3.8, 4) is 0 Å². The third-order valence-electron chi connectivity index (χ3n) is 13.3. The van der Waals surface area contributed by atoms with Crippen LogP contribution in [0.5, 0.6) is 0 Å². The monoisotopic (exact) mass is 983 g/mol. The Hall–Kier alpha value is -6.67. The number of nitrogens with one attached hydrogen (secondary N) is 9. The number of hydrogen-bond acceptors (Lipinski definition) is 11. The normalized spacial score (nSPS) is 20.6. The van der Waals surface area contributed by atoms with Gasteiger partial charge < -0.3 is 57.3 Å². The number of carbonyl (C=O) groups is 8. The molecule has 3 aromatic rings. The summed E-state index contributed by atoms with van der Waals surface area (Å²) >= 11 is 0. The van der Waals surface area contributed by atoms with Crippen LogP contribution in [0.2, 0.25) is 0 Å². The lowest BCUT2D eigenvalue weighted by Gasteiger charge is -2.36. The number of benzene rings is 2. The average Bonchev–Trinajstić information content (AvgIpc) is 4.11. The number of aromatic amines is 1. The first kappa shape index (κ1) is 55.3. The van der Waals surface area contributed by atoms with Crippen LogP contribution in [0.3, 0.4) is 0 Å². The van der Waals surface area contributed by atoms with E-state index in [1.165, 1.54) is 16.1 Å². The van der Waals surface area contributed by atoms with Gasteiger partial charge in [0, 0.05) is 25.2 Å². The van der Waals surface area contributed by atoms with Crippen molar-refractivity contribution in [2.75, 3.05) is 27.2 Å². The van der Waals surface area contributed by atoms with Gasteiger partial charge in [0.15, 0.2) is 5.69 Å². The molecule has 2 aliphatic heterocycles. The van der Waals surface area contributed by atoms with Gasteiger partial charge in [-0.2, -0.15) is 0 Å². The van der Waals surface area contributed by atoms with Crippen LogP contribution < -0.4 is 42.5 Å². The molecule has 0 radical (unpaired) electrons. The lowest BCUT2D eigenvalue weighted by molar-refractivity contribution is -0.144. The molecule has 0 unspecified atom stereocenters. The van der Waals surface area contributed by atoms with Crippen LogP contribution >= 0.6 is 0 Å². The third-order valence-corrected chi connectivity index (χ3v) is 13.3. The molecule has 0 aliphatic carbocycles. The first-order valence-electron chi connectivity index (χ1n) is 24.3. The van der Waals surface area contributed by atoms with Crippen LogP contribution in [0.1, 0.15) is 126 Å². The van der Waals surface area contributed by atoms with Gasteiger partial charge in [0.25, 0.3) is 11.8 Å². The van der Waals surface area contributed by atoms with Crippen LogP contribution in [0.15, 0.2) is 67.0 Å². The van der Waals surface area contributed by atoms with Crippen molar-refractivity contribution in [3.63, 3.8) is 0 Å². The van der Waals surface area contributed by atoms with Crippen LogP contribution in [0.4, 0.5) is 0 Å². The summed E-state index contributed by atoms with van der Waals surface area (Å²) in [5.41, 5.74) is -0.325. The van der Waals surface area contributed by atoms with Crippen molar-refractivity contribution in [3.05, 3.63) is 89.5 Å². The maximum Gasteiger partial charge on any atom is 0.272 e. The highest BCUT2D eigenvalue weighted by molar-refractivity contribution is 6.05. The van der Waals surface area contributed by atoms with E-state index in [0.29, 0.717) is 0 Å². The summed E-state index contributed by atoms with van der Waals surface area (Å²) in [6.07, 6.45) is 1.21. The van der Waals surface area contributed by atoms with E-state index in [1.807, 2.05) is 116 Å². The largest absolute Gasteiger partial charge is 0.348 e. The highest BCUT2D eigenvalue weighted by atomic mass is 16.2. The van der Waals surface area contributed by atoms with Crippen molar-refractivity contribution in [2.24, 2.45) is 10.8 Å². The highest BCUT2D eigenvalue weighted by Crippen LogP contribution is 2.29. The Morgan fingerprint density at radius 3 is 1.32 bits per heavy atom. The predicted octanol–water partition coefficient (Wildman–Crippen LogP) is 1.84. The van der Waals surface area contributed by atoms with Crippen LogP contribution in [-0.4, -0.2) is 143 Å². The number of carbonyl (C=O) groups excluding carboxylic acids is 8. The van der Waals surface area contributed by atoms with Gasteiger partial charge in [-0.15, -0.1) is 0 Å². The molecule has 3 heterocycles. The van der Waals surface area contributed by atoms with Gasteiger partial charge in [-0.05, 0) is 76.6 Å². The van der Waals surface area contributed by atoms with E-state index in [0.717, 1.165) is 11.1 Å². The van der Waals surface area contributed by atoms with Gasteiger partial charge >= 0.3 is 0 Å². The minimum atomic E-state index is -1.05. The van der Waals surface area contributed by atoms with Gasteiger partial charge in [-0.1, -0.05) is 102 Å². The highest BCUT2D eigenvalue weighted by Gasteiger charge is 2.48. The van der Waals surface area contributed by atoms with Crippen molar-refractivity contribution in [1.29, 1.82) is 0 Å². The Labute approximate surface area is 416 Å². The molecule has 2 aromatic carbocycles. The molecular weight excluding hydrogens is 909 g/mol. The van der Waals surface area contributed by atoms with Crippen LogP contribution in [0, 0.1) is 10.8 Å². The molecular formula is C51H74N12O8. The molecule has 20 nitrogen and oxygen atoms in total. The zero-order valence-corrected chi connectivity index (χ0v) is 43.1. The van der Waals surface area contributed by atoms with E-state index < -0.39 is 119 Å². The first-order valence-corrected chi connectivity index (χ1v) is 24.3. The first-order chi connectivity index (χ1) is 33.4. The molecule has 2 aliphatic rings. The maximum atomic E-state index is 14.6. The summed E-state index contributed by atoms with van der Waals surface area (Å²) < 4.78 is 0. The van der Waals surface area contributed by atoms with E-state index in [2.05, 4.69) is 52.5 Å². The number of amides is 8. The quantitative estimate of drug-likeness (QED) is 0.0888. The Kier molecular flexibility index (Phi) is 18.3. The number of likely N-dealkylation sites (tertiary alicyclic amines) is 2. The molecule has 20 heteroatoms. The lowest BCUT2D eigenvalue weighted by Crippen LogP contribution is -2.59. The molecule has 8 amide bonds. The van der Waals surface area contributed by atoms with Crippen molar-refractivity contribution >= 4 is 47.3 Å². The maximum absolute atomic E-state index is 14.6. The summed E-state index contributed by atoms with van der Waals surface area (Å²) in [5.74, 6) is -4.22. The molecule has 71 heavy (non-hydrogen) atoms. The molecule has 1 aromatic heterocycles. The number of likely N-dealkylation sites (N-methyl/N-ethyl adjacent to an activating group) is 2. The van der Waals surface area contributed by atoms with Gasteiger partial charge in [0.05, 0.1) is 30.5 Å². The van der Waals surface area contributed by atoms with Crippen molar-refractivity contribution in [2.45, 2.75) is 142 Å².